The molecule has 11 nitrogen and oxygen atoms in total. The van der Waals surface area contributed by atoms with Gasteiger partial charge in [0.15, 0.2) is 0 Å². The number of morpholine rings is 1. The fourth-order valence-corrected chi connectivity index (χ4v) is 2.42. The van der Waals surface area contributed by atoms with E-state index in [9.17, 15) is 0 Å². The molecule has 3 heterocycles. The molecule has 3 N–H and O–H groups in total. The Labute approximate surface area is 124 Å². The quantitative estimate of drug-likeness (QED) is 0.514. The molecule has 1 aliphatic rings. The Hall–Kier alpha value is -2.05. The number of aryl methyl sites for hydroxylation is 1. The zero-order valence-corrected chi connectivity index (χ0v) is 12.1. The van der Waals surface area contributed by atoms with E-state index in [1.54, 1.807) is 11.7 Å². The first-order valence-corrected chi connectivity index (χ1v) is 7.03. The van der Waals surface area contributed by atoms with Crippen LogP contribution < -0.4 is 16.2 Å². The molecular weight excluding hydrogens is 296 g/mol. The highest BCUT2D eigenvalue weighted by atomic mass is 32.2. The second-order valence-corrected chi connectivity index (χ2v) is 5.11. The minimum Gasteiger partial charge on any atom is -0.378 e. The first-order chi connectivity index (χ1) is 10.3. The Bertz CT molecular complexity index is 612. The van der Waals surface area contributed by atoms with Gasteiger partial charge in [0.2, 0.25) is 22.2 Å². The monoisotopic (exact) mass is 310 g/mol. The van der Waals surface area contributed by atoms with Gasteiger partial charge in [-0.1, -0.05) is 0 Å². The zero-order valence-electron chi connectivity index (χ0n) is 11.3. The van der Waals surface area contributed by atoms with Crippen LogP contribution in [0.25, 0.3) is 0 Å². The summed E-state index contributed by atoms with van der Waals surface area (Å²) in [6.07, 6.45) is 0. The number of ether oxygens (including phenoxy) is 1. The highest BCUT2D eigenvalue weighted by molar-refractivity contribution is 7.99. The lowest BCUT2D eigenvalue weighted by molar-refractivity contribution is 0.122. The van der Waals surface area contributed by atoms with Gasteiger partial charge in [0.1, 0.15) is 0 Å². The number of nitrogens with zero attached hydrogens (tertiary/aromatic N) is 8. The first kappa shape index (κ1) is 13.9. The van der Waals surface area contributed by atoms with Crippen molar-refractivity contribution in [2.24, 2.45) is 12.9 Å². The number of nitrogens with one attached hydrogen (secondary N) is 1. The average Bonchev–Trinajstić information content (AvgIpc) is 2.93. The number of aromatic nitrogens is 7. The van der Waals surface area contributed by atoms with E-state index in [2.05, 4.69) is 35.9 Å². The van der Waals surface area contributed by atoms with Crippen LogP contribution in [-0.4, -0.2) is 61.5 Å². The summed E-state index contributed by atoms with van der Waals surface area (Å²) in [7, 11) is 1.74. The number of hydrogen-bond acceptors (Lipinski definition) is 11. The SMILES string of the molecule is Cn1nnnc1Sc1nc(NN)nc(N2CCOCC2)n1. The Kier molecular flexibility index (Phi) is 4.08. The van der Waals surface area contributed by atoms with Crippen molar-refractivity contribution in [1.29, 1.82) is 0 Å². The van der Waals surface area contributed by atoms with Gasteiger partial charge in [-0.25, -0.2) is 10.5 Å². The summed E-state index contributed by atoms with van der Waals surface area (Å²) >= 11 is 1.24. The van der Waals surface area contributed by atoms with E-state index < -0.39 is 0 Å². The van der Waals surface area contributed by atoms with Crippen LogP contribution in [0, 0.1) is 0 Å². The summed E-state index contributed by atoms with van der Waals surface area (Å²) in [5, 5.41) is 12.3. The molecule has 0 unspecified atom stereocenters. The predicted molar refractivity (Wildman–Crippen MR) is 73.6 cm³/mol. The molecule has 21 heavy (non-hydrogen) atoms. The van der Waals surface area contributed by atoms with Gasteiger partial charge >= 0.3 is 0 Å². The van der Waals surface area contributed by atoms with Crippen LogP contribution in [0.3, 0.4) is 0 Å². The van der Waals surface area contributed by atoms with E-state index >= 15 is 0 Å². The number of rotatable bonds is 4. The Morgan fingerprint density at radius 3 is 2.71 bits per heavy atom. The molecule has 112 valence electrons. The fourth-order valence-electron chi connectivity index (χ4n) is 1.75. The summed E-state index contributed by atoms with van der Waals surface area (Å²) in [5.41, 5.74) is 2.45. The van der Waals surface area contributed by atoms with Gasteiger partial charge in [-0.15, -0.1) is 5.10 Å². The molecule has 0 aliphatic carbocycles. The molecule has 0 saturated carbocycles. The maximum Gasteiger partial charge on any atom is 0.242 e. The minimum atomic E-state index is 0.295. The summed E-state index contributed by atoms with van der Waals surface area (Å²) in [5.74, 6) is 6.27. The van der Waals surface area contributed by atoms with E-state index in [1.807, 2.05) is 4.90 Å². The van der Waals surface area contributed by atoms with E-state index in [1.165, 1.54) is 11.8 Å². The third-order valence-corrected chi connectivity index (χ3v) is 3.68. The highest BCUT2D eigenvalue weighted by Gasteiger charge is 2.17. The van der Waals surface area contributed by atoms with E-state index in [4.69, 9.17) is 10.6 Å². The highest BCUT2D eigenvalue weighted by Crippen LogP contribution is 2.24. The molecule has 2 aromatic heterocycles. The number of anilines is 2. The molecule has 2 aromatic rings. The van der Waals surface area contributed by atoms with E-state index in [0.717, 1.165) is 13.1 Å². The van der Waals surface area contributed by atoms with Gasteiger partial charge in [-0.2, -0.15) is 15.0 Å². The van der Waals surface area contributed by atoms with Gasteiger partial charge in [0.25, 0.3) is 0 Å². The number of nitrogen functional groups attached to an aromatic ring is 1. The van der Waals surface area contributed by atoms with Crippen molar-refractivity contribution in [2.75, 3.05) is 36.6 Å². The molecule has 0 spiro atoms. The lowest BCUT2D eigenvalue weighted by atomic mass is 10.4. The Balaban J connectivity index is 1.87. The van der Waals surface area contributed by atoms with E-state index in [-0.39, 0.29) is 0 Å². The second kappa shape index (κ2) is 6.15. The van der Waals surface area contributed by atoms with Gasteiger partial charge < -0.3 is 9.64 Å². The van der Waals surface area contributed by atoms with Crippen LogP contribution >= 0.6 is 11.8 Å². The molecule has 1 fully saturated rings. The first-order valence-electron chi connectivity index (χ1n) is 6.22. The molecule has 0 radical (unpaired) electrons. The summed E-state index contributed by atoms with van der Waals surface area (Å²) in [6.45, 7) is 2.74. The summed E-state index contributed by atoms with van der Waals surface area (Å²) < 4.78 is 6.86. The Morgan fingerprint density at radius 2 is 2.05 bits per heavy atom. The molecular formula is C9H14N10OS. The third-order valence-electron chi connectivity index (χ3n) is 2.79. The standard InChI is InChI=1S/C9H14N10OS/c1-18-9(15-16-17-18)21-8-12-6(14-10)11-7(13-8)19-2-4-20-5-3-19/h2-5,10H2,1H3,(H,11,12,13,14). The number of nitrogens with two attached hydrogens (primary N) is 1. The molecule has 0 bridgehead atoms. The van der Waals surface area contributed by atoms with Crippen molar-refractivity contribution in [3.8, 4) is 0 Å². The van der Waals surface area contributed by atoms with Crippen molar-refractivity contribution < 1.29 is 4.74 Å². The second-order valence-electron chi connectivity index (χ2n) is 4.17. The van der Waals surface area contributed by atoms with Gasteiger partial charge in [-0.05, 0) is 22.2 Å². The minimum absolute atomic E-state index is 0.295. The largest absolute Gasteiger partial charge is 0.378 e. The van der Waals surface area contributed by atoms with Gasteiger partial charge in [-0.3, -0.25) is 5.43 Å². The molecule has 3 rings (SSSR count). The van der Waals surface area contributed by atoms with Crippen molar-refractivity contribution in [1.82, 2.24) is 35.2 Å². The third kappa shape index (κ3) is 3.17. The molecule has 0 amide bonds. The van der Waals surface area contributed by atoms with Crippen LogP contribution in [0.5, 0.6) is 0 Å². The lowest BCUT2D eigenvalue weighted by Gasteiger charge is -2.26. The van der Waals surface area contributed by atoms with Crippen molar-refractivity contribution >= 4 is 23.7 Å². The summed E-state index contributed by atoms with van der Waals surface area (Å²) in [4.78, 5) is 14.9. The van der Waals surface area contributed by atoms with Crippen LogP contribution in [-0.2, 0) is 11.8 Å². The fraction of sp³-hybridized carbons (Fsp3) is 0.556. The molecule has 1 saturated heterocycles. The van der Waals surface area contributed by atoms with Crippen molar-refractivity contribution in [3.63, 3.8) is 0 Å². The number of hydrogen-bond donors (Lipinski definition) is 2. The smallest absolute Gasteiger partial charge is 0.242 e. The molecule has 0 atom stereocenters. The Morgan fingerprint density at radius 1 is 1.24 bits per heavy atom. The average molecular weight is 310 g/mol. The summed E-state index contributed by atoms with van der Waals surface area (Å²) in [6, 6.07) is 0. The maximum atomic E-state index is 5.42. The lowest BCUT2D eigenvalue weighted by Crippen LogP contribution is -2.37. The molecule has 12 heteroatoms. The zero-order chi connectivity index (χ0) is 14.7. The van der Waals surface area contributed by atoms with Gasteiger partial charge in [0, 0.05) is 20.1 Å². The number of tetrazole rings is 1. The van der Waals surface area contributed by atoms with Crippen molar-refractivity contribution in [2.45, 2.75) is 10.3 Å². The van der Waals surface area contributed by atoms with Crippen LogP contribution in [0.2, 0.25) is 0 Å². The topological polar surface area (TPSA) is 133 Å². The van der Waals surface area contributed by atoms with Gasteiger partial charge in [0.05, 0.1) is 13.2 Å². The normalized spacial score (nSPS) is 15.2. The van der Waals surface area contributed by atoms with Crippen LogP contribution in [0.1, 0.15) is 0 Å². The van der Waals surface area contributed by atoms with Crippen LogP contribution in [0.4, 0.5) is 11.9 Å². The predicted octanol–water partition coefficient (Wildman–Crippen LogP) is -1.33. The van der Waals surface area contributed by atoms with E-state index in [0.29, 0.717) is 35.4 Å². The molecule has 1 aliphatic heterocycles. The number of hydrazine groups is 1. The molecule has 0 aromatic carbocycles. The van der Waals surface area contributed by atoms with Crippen LogP contribution in [0.15, 0.2) is 10.3 Å². The maximum absolute atomic E-state index is 5.42. The van der Waals surface area contributed by atoms with Crippen molar-refractivity contribution in [3.05, 3.63) is 0 Å².